The van der Waals surface area contributed by atoms with Crippen molar-refractivity contribution in [3.05, 3.63) is 0 Å². The number of unbranched alkanes of at least 4 members (excludes halogenated alkanes) is 2. The molecule has 0 bridgehead atoms. The van der Waals surface area contributed by atoms with Crippen LogP contribution in [0.4, 0.5) is 0 Å². The van der Waals surface area contributed by atoms with Crippen LogP contribution in [0, 0.1) is 5.92 Å². The third-order valence-corrected chi connectivity index (χ3v) is 4.30. The van der Waals surface area contributed by atoms with Gasteiger partial charge in [0.25, 0.3) is 0 Å². The van der Waals surface area contributed by atoms with Crippen LogP contribution in [0.2, 0.25) is 0 Å². The molecule has 0 amide bonds. The number of hydrogen-bond acceptors (Lipinski definition) is 2. The fourth-order valence-electron chi connectivity index (χ4n) is 2.79. The number of rotatable bonds is 8. The summed E-state index contributed by atoms with van der Waals surface area (Å²) in [5.41, 5.74) is 0. The standard InChI is InChI=1S/C16H34N4/c1-4-6-7-11-18-16(17-3)19-12-8-15-9-13-20(5-2)14-10-15/h15H,4-14H2,1-3H3,(H2,17,18,19). The minimum Gasteiger partial charge on any atom is -0.356 e. The van der Waals surface area contributed by atoms with E-state index in [2.05, 4.69) is 34.4 Å². The third-order valence-electron chi connectivity index (χ3n) is 4.30. The molecule has 0 spiro atoms. The van der Waals surface area contributed by atoms with E-state index in [1.165, 1.54) is 58.2 Å². The number of likely N-dealkylation sites (tertiary alicyclic amines) is 1. The Bertz CT molecular complexity index is 257. The molecule has 0 aromatic carbocycles. The number of piperidine rings is 1. The van der Waals surface area contributed by atoms with Crippen molar-refractivity contribution in [3.8, 4) is 0 Å². The molecule has 20 heavy (non-hydrogen) atoms. The molecule has 0 atom stereocenters. The van der Waals surface area contributed by atoms with E-state index >= 15 is 0 Å². The minimum absolute atomic E-state index is 0.892. The van der Waals surface area contributed by atoms with Crippen molar-refractivity contribution in [2.24, 2.45) is 10.9 Å². The number of aliphatic imine (C=N–C) groups is 1. The minimum atomic E-state index is 0.892. The van der Waals surface area contributed by atoms with Gasteiger partial charge in [0.1, 0.15) is 0 Å². The molecular formula is C16H34N4. The molecule has 0 aromatic heterocycles. The molecule has 1 aliphatic heterocycles. The molecule has 0 saturated carbocycles. The van der Waals surface area contributed by atoms with E-state index in [-0.39, 0.29) is 0 Å². The van der Waals surface area contributed by atoms with Gasteiger partial charge in [-0.25, -0.2) is 0 Å². The van der Waals surface area contributed by atoms with E-state index in [0.717, 1.165) is 25.0 Å². The molecule has 0 unspecified atom stereocenters. The molecule has 0 aliphatic carbocycles. The highest BCUT2D eigenvalue weighted by Crippen LogP contribution is 2.19. The highest BCUT2D eigenvalue weighted by molar-refractivity contribution is 5.79. The van der Waals surface area contributed by atoms with Crippen molar-refractivity contribution in [3.63, 3.8) is 0 Å². The predicted octanol–water partition coefficient (Wildman–Crippen LogP) is 2.46. The molecule has 0 radical (unpaired) electrons. The van der Waals surface area contributed by atoms with Crippen molar-refractivity contribution in [1.29, 1.82) is 0 Å². The number of nitrogens with one attached hydrogen (secondary N) is 2. The third kappa shape index (κ3) is 7.13. The Morgan fingerprint density at radius 3 is 2.40 bits per heavy atom. The first-order valence-corrected chi connectivity index (χ1v) is 8.47. The Kier molecular flexibility index (Phi) is 9.46. The molecule has 118 valence electrons. The Hall–Kier alpha value is -0.770. The predicted molar refractivity (Wildman–Crippen MR) is 88.3 cm³/mol. The second-order valence-electron chi connectivity index (χ2n) is 5.80. The number of guanidine groups is 1. The molecule has 4 heteroatoms. The molecule has 1 rings (SSSR count). The second-order valence-corrected chi connectivity index (χ2v) is 5.80. The van der Waals surface area contributed by atoms with Crippen molar-refractivity contribution < 1.29 is 0 Å². The molecule has 1 heterocycles. The maximum Gasteiger partial charge on any atom is 0.190 e. The molecular weight excluding hydrogens is 248 g/mol. The van der Waals surface area contributed by atoms with Crippen molar-refractivity contribution in [2.75, 3.05) is 39.8 Å². The smallest absolute Gasteiger partial charge is 0.190 e. The summed E-state index contributed by atoms with van der Waals surface area (Å²) in [6.07, 6.45) is 7.78. The van der Waals surface area contributed by atoms with Gasteiger partial charge >= 0.3 is 0 Å². The van der Waals surface area contributed by atoms with Crippen molar-refractivity contribution >= 4 is 5.96 Å². The topological polar surface area (TPSA) is 39.7 Å². The van der Waals surface area contributed by atoms with Gasteiger partial charge < -0.3 is 15.5 Å². The summed E-state index contributed by atoms with van der Waals surface area (Å²) in [4.78, 5) is 6.83. The highest BCUT2D eigenvalue weighted by atomic mass is 15.2. The lowest BCUT2D eigenvalue weighted by Crippen LogP contribution is -2.39. The molecule has 0 aromatic rings. The van der Waals surface area contributed by atoms with Gasteiger partial charge in [0, 0.05) is 20.1 Å². The average Bonchev–Trinajstić information content (AvgIpc) is 2.50. The molecule has 1 fully saturated rings. The summed E-state index contributed by atoms with van der Waals surface area (Å²) >= 11 is 0. The zero-order valence-corrected chi connectivity index (χ0v) is 13.7. The quantitative estimate of drug-likeness (QED) is 0.408. The van der Waals surface area contributed by atoms with E-state index in [9.17, 15) is 0 Å². The molecule has 1 saturated heterocycles. The van der Waals surface area contributed by atoms with E-state index in [0.29, 0.717) is 0 Å². The maximum absolute atomic E-state index is 4.28. The Labute approximate surface area is 125 Å². The first-order chi connectivity index (χ1) is 9.80. The van der Waals surface area contributed by atoms with Crippen LogP contribution < -0.4 is 10.6 Å². The van der Waals surface area contributed by atoms with Crippen molar-refractivity contribution in [2.45, 2.75) is 52.4 Å². The van der Waals surface area contributed by atoms with Gasteiger partial charge in [-0.05, 0) is 51.2 Å². The summed E-state index contributed by atoms with van der Waals surface area (Å²) in [6, 6.07) is 0. The fraction of sp³-hybridized carbons (Fsp3) is 0.938. The van der Waals surface area contributed by atoms with Crippen LogP contribution in [0.5, 0.6) is 0 Å². The summed E-state index contributed by atoms with van der Waals surface area (Å²) in [5, 5.41) is 6.83. The normalized spacial score (nSPS) is 18.2. The van der Waals surface area contributed by atoms with Crippen LogP contribution in [0.15, 0.2) is 4.99 Å². The van der Waals surface area contributed by atoms with Gasteiger partial charge in [-0.3, -0.25) is 4.99 Å². The van der Waals surface area contributed by atoms with E-state index < -0.39 is 0 Å². The zero-order valence-electron chi connectivity index (χ0n) is 13.7. The van der Waals surface area contributed by atoms with Crippen LogP contribution in [0.1, 0.15) is 52.4 Å². The summed E-state index contributed by atoms with van der Waals surface area (Å²) in [7, 11) is 1.86. The largest absolute Gasteiger partial charge is 0.356 e. The monoisotopic (exact) mass is 282 g/mol. The van der Waals surface area contributed by atoms with Gasteiger partial charge in [-0.1, -0.05) is 26.7 Å². The SMILES string of the molecule is CCCCCNC(=NC)NCCC1CCN(CC)CC1. The fourth-order valence-corrected chi connectivity index (χ4v) is 2.79. The molecule has 4 nitrogen and oxygen atoms in total. The van der Waals surface area contributed by atoms with Gasteiger partial charge in [-0.2, -0.15) is 0 Å². The van der Waals surface area contributed by atoms with Crippen LogP contribution >= 0.6 is 0 Å². The molecule has 1 aliphatic rings. The number of nitrogens with zero attached hydrogens (tertiary/aromatic N) is 2. The first-order valence-electron chi connectivity index (χ1n) is 8.47. The van der Waals surface area contributed by atoms with Crippen LogP contribution in [0.25, 0.3) is 0 Å². The van der Waals surface area contributed by atoms with Gasteiger partial charge in [-0.15, -0.1) is 0 Å². The first kappa shape index (κ1) is 17.3. The van der Waals surface area contributed by atoms with E-state index in [1.54, 1.807) is 0 Å². The molecule has 2 N–H and O–H groups in total. The summed E-state index contributed by atoms with van der Waals surface area (Å²) in [6.45, 7) is 10.3. The second kappa shape index (κ2) is 11.0. The van der Waals surface area contributed by atoms with Gasteiger partial charge in [0.15, 0.2) is 5.96 Å². The highest BCUT2D eigenvalue weighted by Gasteiger charge is 2.17. The maximum atomic E-state index is 4.28. The van der Waals surface area contributed by atoms with Gasteiger partial charge in [0.2, 0.25) is 0 Å². The summed E-state index contributed by atoms with van der Waals surface area (Å²) < 4.78 is 0. The lowest BCUT2D eigenvalue weighted by Gasteiger charge is -2.31. The number of hydrogen-bond donors (Lipinski definition) is 2. The average molecular weight is 282 g/mol. The van der Waals surface area contributed by atoms with Crippen LogP contribution in [-0.4, -0.2) is 50.6 Å². The lowest BCUT2D eigenvalue weighted by atomic mass is 9.93. The van der Waals surface area contributed by atoms with E-state index in [4.69, 9.17) is 0 Å². The van der Waals surface area contributed by atoms with Crippen LogP contribution in [0.3, 0.4) is 0 Å². The Morgan fingerprint density at radius 1 is 1.10 bits per heavy atom. The zero-order chi connectivity index (χ0) is 14.6. The summed E-state index contributed by atoms with van der Waals surface area (Å²) in [5.74, 6) is 1.86. The Morgan fingerprint density at radius 2 is 1.80 bits per heavy atom. The Balaban J connectivity index is 2.07. The van der Waals surface area contributed by atoms with Gasteiger partial charge in [0.05, 0.1) is 0 Å². The van der Waals surface area contributed by atoms with Crippen molar-refractivity contribution in [1.82, 2.24) is 15.5 Å². The lowest BCUT2D eigenvalue weighted by molar-refractivity contribution is 0.187. The van der Waals surface area contributed by atoms with E-state index in [1.807, 2.05) is 7.05 Å². The van der Waals surface area contributed by atoms with Crippen LogP contribution in [-0.2, 0) is 0 Å².